The number of hydrogen-bond acceptors (Lipinski definition) is 5. The Kier molecular flexibility index (Phi) is 6.24. The standard InChI is InChI=1S/C26H26N6O4/c1-16-5-2-3-7-20(16)32-21-8-4-6-19(21)24(30-32)25(35)29-18-11-9-17(10-12-18)28-22(33)13-14-31-23(34)15-27-26(31)36/h2-3,5,7,9-12H,4,6,8,13-15H2,1H3,(H,27,36)(H,28,33)(H,29,35). The number of hydrogen-bond donors (Lipinski definition) is 3. The molecule has 2 heterocycles. The molecule has 1 aromatic heterocycles. The maximum Gasteiger partial charge on any atom is 0.324 e. The first-order valence-electron chi connectivity index (χ1n) is 11.9. The van der Waals surface area contributed by atoms with Crippen molar-refractivity contribution in [3.05, 3.63) is 71.0 Å². The predicted molar refractivity (Wildman–Crippen MR) is 133 cm³/mol. The van der Waals surface area contributed by atoms with Crippen LogP contribution in [0, 0.1) is 6.92 Å². The van der Waals surface area contributed by atoms with Crippen molar-refractivity contribution < 1.29 is 19.2 Å². The van der Waals surface area contributed by atoms with Crippen LogP contribution in [0.4, 0.5) is 16.2 Å². The van der Waals surface area contributed by atoms with Gasteiger partial charge in [-0.3, -0.25) is 19.3 Å². The highest BCUT2D eigenvalue weighted by atomic mass is 16.2. The van der Waals surface area contributed by atoms with Crippen LogP contribution in [0.2, 0.25) is 0 Å². The average molecular weight is 487 g/mol. The number of benzene rings is 2. The summed E-state index contributed by atoms with van der Waals surface area (Å²) in [7, 11) is 0. The number of nitrogens with one attached hydrogen (secondary N) is 3. The van der Waals surface area contributed by atoms with E-state index in [-0.39, 0.29) is 37.2 Å². The molecule has 0 atom stereocenters. The van der Waals surface area contributed by atoms with Gasteiger partial charge in [-0.1, -0.05) is 18.2 Å². The van der Waals surface area contributed by atoms with Gasteiger partial charge >= 0.3 is 6.03 Å². The summed E-state index contributed by atoms with van der Waals surface area (Å²) in [5, 5.41) is 12.7. The zero-order chi connectivity index (χ0) is 25.2. The van der Waals surface area contributed by atoms with E-state index in [2.05, 4.69) is 21.0 Å². The normalized spacial score (nSPS) is 14.5. The van der Waals surface area contributed by atoms with Crippen molar-refractivity contribution in [2.75, 3.05) is 23.7 Å². The van der Waals surface area contributed by atoms with E-state index in [0.717, 1.165) is 46.7 Å². The molecule has 10 heteroatoms. The van der Waals surface area contributed by atoms with Crippen molar-refractivity contribution in [2.45, 2.75) is 32.6 Å². The van der Waals surface area contributed by atoms with Crippen molar-refractivity contribution >= 4 is 35.1 Å². The number of carbonyl (C=O) groups excluding carboxylic acids is 4. The lowest BCUT2D eigenvalue weighted by molar-refractivity contribution is -0.125. The number of aromatic nitrogens is 2. The van der Waals surface area contributed by atoms with Gasteiger partial charge in [-0.25, -0.2) is 9.48 Å². The fourth-order valence-corrected chi connectivity index (χ4v) is 4.57. The highest BCUT2D eigenvalue weighted by molar-refractivity contribution is 6.04. The summed E-state index contributed by atoms with van der Waals surface area (Å²) >= 11 is 0. The van der Waals surface area contributed by atoms with E-state index >= 15 is 0 Å². The van der Waals surface area contributed by atoms with Gasteiger partial charge in [-0.2, -0.15) is 5.10 Å². The minimum atomic E-state index is -0.484. The van der Waals surface area contributed by atoms with Crippen LogP contribution in [0.15, 0.2) is 48.5 Å². The molecule has 184 valence electrons. The van der Waals surface area contributed by atoms with Gasteiger partial charge in [0.2, 0.25) is 11.8 Å². The van der Waals surface area contributed by atoms with E-state index in [4.69, 9.17) is 0 Å². The molecule has 0 bridgehead atoms. The van der Waals surface area contributed by atoms with Gasteiger partial charge in [0.25, 0.3) is 5.91 Å². The molecule has 0 unspecified atom stereocenters. The second kappa shape index (κ2) is 9.65. The molecular formula is C26H26N6O4. The Balaban J connectivity index is 1.23. The molecule has 0 spiro atoms. The van der Waals surface area contributed by atoms with Crippen molar-refractivity contribution in [3.63, 3.8) is 0 Å². The summed E-state index contributed by atoms with van der Waals surface area (Å²) in [6.07, 6.45) is 2.69. The number of urea groups is 1. The van der Waals surface area contributed by atoms with E-state index in [9.17, 15) is 19.2 Å². The Bertz CT molecular complexity index is 1350. The molecule has 36 heavy (non-hydrogen) atoms. The van der Waals surface area contributed by atoms with Crippen molar-refractivity contribution in [1.29, 1.82) is 0 Å². The van der Waals surface area contributed by atoms with E-state index in [0.29, 0.717) is 17.1 Å². The first-order valence-corrected chi connectivity index (χ1v) is 11.9. The zero-order valence-corrected chi connectivity index (χ0v) is 19.8. The van der Waals surface area contributed by atoms with Gasteiger partial charge in [0.15, 0.2) is 5.69 Å². The van der Waals surface area contributed by atoms with Crippen LogP contribution in [0.1, 0.15) is 40.2 Å². The summed E-state index contributed by atoms with van der Waals surface area (Å²) in [5.41, 5.74) is 5.70. The van der Waals surface area contributed by atoms with E-state index in [1.807, 2.05) is 35.9 Å². The minimum Gasteiger partial charge on any atom is -0.329 e. The lowest BCUT2D eigenvalue weighted by atomic mass is 10.1. The zero-order valence-electron chi connectivity index (χ0n) is 19.8. The number of para-hydroxylation sites is 1. The van der Waals surface area contributed by atoms with Crippen LogP contribution < -0.4 is 16.0 Å². The first kappa shape index (κ1) is 23.3. The molecule has 1 aliphatic heterocycles. The highest BCUT2D eigenvalue weighted by Gasteiger charge is 2.29. The van der Waals surface area contributed by atoms with Crippen LogP contribution in [0.3, 0.4) is 0 Å². The third-order valence-corrected chi connectivity index (χ3v) is 6.41. The quantitative estimate of drug-likeness (QED) is 0.443. The fourth-order valence-electron chi connectivity index (χ4n) is 4.57. The van der Waals surface area contributed by atoms with Gasteiger partial charge in [0, 0.05) is 35.6 Å². The second-order valence-electron chi connectivity index (χ2n) is 8.86. The monoisotopic (exact) mass is 486 g/mol. The van der Waals surface area contributed by atoms with Crippen LogP contribution in [-0.4, -0.2) is 51.5 Å². The van der Waals surface area contributed by atoms with Gasteiger partial charge in [0.05, 0.1) is 12.2 Å². The molecule has 5 rings (SSSR count). The van der Waals surface area contributed by atoms with Crippen LogP contribution in [0.25, 0.3) is 5.69 Å². The average Bonchev–Trinajstić information content (AvgIpc) is 3.55. The van der Waals surface area contributed by atoms with Crippen LogP contribution >= 0.6 is 0 Å². The number of rotatable bonds is 7. The molecule has 0 saturated carbocycles. The Morgan fingerprint density at radius 3 is 2.42 bits per heavy atom. The maximum atomic E-state index is 13.1. The number of anilines is 2. The Morgan fingerprint density at radius 2 is 1.72 bits per heavy atom. The third kappa shape index (κ3) is 4.57. The van der Waals surface area contributed by atoms with Gasteiger partial charge in [-0.05, 0) is 62.1 Å². The Hall–Kier alpha value is -4.47. The number of aryl methyl sites for hydroxylation is 1. The van der Waals surface area contributed by atoms with E-state index in [1.165, 1.54) is 0 Å². The highest BCUT2D eigenvalue weighted by Crippen LogP contribution is 2.29. The topological polar surface area (TPSA) is 125 Å². The number of nitrogens with zero attached hydrogens (tertiary/aromatic N) is 3. The molecular weight excluding hydrogens is 460 g/mol. The Morgan fingerprint density at radius 1 is 1.00 bits per heavy atom. The van der Waals surface area contributed by atoms with Crippen molar-refractivity contribution in [2.24, 2.45) is 0 Å². The molecule has 10 nitrogen and oxygen atoms in total. The summed E-state index contributed by atoms with van der Waals surface area (Å²) in [6.45, 7) is 2.01. The molecule has 5 amide bonds. The summed E-state index contributed by atoms with van der Waals surface area (Å²) in [6, 6.07) is 14.3. The van der Waals surface area contributed by atoms with Crippen molar-refractivity contribution in [1.82, 2.24) is 20.0 Å². The predicted octanol–water partition coefficient (Wildman–Crippen LogP) is 2.80. The van der Waals surface area contributed by atoms with E-state index in [1.54, 1.807) is 24.3 Å². The van der Waals surface area contributed by atoms with Crippen molar-refractivity contribution in [3.8, 4) is 5.69 Å². The van der Waals surface area contributed by atoms with Gasteiger partial charge in [0.1, 0.15) is 0 Å². The molecule has 2 aromatic carbocycles. The van der Waals surface area contributed by atoms with Crippen LogP contribution in [0.5, 0.6) is 0 Å². The van der Waals surface area contributed by atoms with E-state index < -0.39 is 6.03 Å². The molecule has 3 N–H and O–H groups in total. The lowest BCUT2D eigenvalue weighted by Gasteiger charge is -2.12. The molecule has 1 aliphatic carbocycles. The molecule has 1 fully saturated rings. The van der Waals surface area contributed by atoms with Gasteiger partial charge < -0.3 is 16.0 Å². The summed E-state index contributed by atoms with van der Waals surface area (Å²) < 4.78 is 1.89. The van der Waals surface area contributed by atoms with Crippen LogP contribution in [-0.2, 0) is 22.4 Å². The molecule has 2 aliphatic rings. The Labute approximate surface area is 207 Å². The molecule has 1 saturated heterocycles. The lowest BCUT2D eigenvalue weighted by Crippen LogP contribution is -2.33. The maximum absolute atomic E-state index is 13.1. The smallest absolute Gasteiger partial charge is 0.324 e. The number of imide groups is 1. The number of carbonyl (C=O) groups is 4. The second-order valence-corrected chi connectivity index (χ2v) is 8.86. The van der Waals surface area contributed by atoms with Gasteiger partial charge in [-0.15, -0.1) is 0 Å². The first-order chi connectivity index (χ1) is 17.4. The number of amides is 5. The number of fused-ring (bicyclic) bond motifs is 1. The minimum absolute atomic E-state index is 0.00763. The third-order valence-electron chi connectivity index (χ3n) is 6.41. The largest absolute Gasteiger partial charge is 0.329 e. The fraction of sp³-hybridized carbons (Fsp3) is 0.269. The molecule has 0 radical (unpaired) electrons. The summed E-state index contributed by atoms with van der Waals surface area (Å²) in [5.74, 6) is -0.940. The summed E-state index contributed by atoms with van der Waals surface area (Å²) in [4.78, 5) is 49.5. The molecule has 3 aromatic rings. The SMILES string of the molecule is Cc1ccccc1-n1nc(C(=O)Nc2ccc(NC(=O)CCN3C(=O)CNC3=O)cc2)c2c1CCC2.